The van der Waals surface area contributed by atoms with Crippen molar-refractivity contribution in [1.82, 2.24) is 0 Å². The molecular formula is C20H18FNO5. The molecule has 1 atom stereocenters. The highest BCUT2D eigenvalue weighted by Gasteiger charge is 2.43. The van der Waals surface area contributed by atoms with Crippen LogP contribution in [0.2, 0.25) is 0 Å². The number of carbonyl (C=O) groups excluding carboxylic acids is 2. The molecule has 0 aromatic heterocycles. The monoisotopic (exact) mass is 371 g/mol. The number of aliphatic hydroxyl groups excluding tert-OH is 1. The molecule has 0 fully saturated rings. The van der Waals surface area contributed by atoms with Crippen LogP contribution in [0.5, 0.6) is 11.5 Å². The third kappa shape index (κ3) is 3.12. The number of amides is 1. The molecule has 1 N–H and O–H groups in total. The van der Waals surface area contributed by atoms with Gasteiger partial charge >= 0.3 is 0 Å². The Labute approximate surface area is 155 Å². The highest BCUT2D eigenvalue weighted by Crippen LogP contribution is 2.43. The fraction of sp³-hybridized carbons (Fsp3) is 0.200. The van der Waals surface area contributed by atoms with E-state index in [2.05, 4.69) is 0 Å². The van der Waals surface area contributed by atoms with Crippen molar-refractivity contribution >= 4 is 17.4 Å². The molecule has 1 aliphatic rings. The maximum atomic E-state index is 13.3. The molecule has 1 heterocycles. The Kier molecular flexibility index (Phi) is 4.85. The molecule has 27 heavy (non-hydrogen) atoms. The van der Waals surface area contributed by atoms with Gasteiger partial charge in [0.1, 0.15) is 5.82 Å². The van der Waals surface area contributed by atoms with Crippen LogP contribution in [0.1, 0.15) is 18.5 Å². The van der Waals surface area contributed by atoms with Crippen molar-refractivity contribution in [1.29, 1.82) is 0 Å². The average Bonchev–Trinajstić information content (AvgIpc) is 2.93. The number of rotatable bonds is 5. The number of hydrogen-bond donors (Lipinski definition) is 1. The highest BCUT2D eigenvalue weighted by molar-refractivity contribution is 6.16. The Morgan fingerprint density at radius 3 is 2.26 bits per heavy atom. The van der Waals surface area contributed by atoms with Crippen molar-refractivity contribution in [3.63, 3.8) is 0 Å². The third-order valence-electron chi connectivity index (χ3n) is 4.42. The van der Waals surface area contributed by atoms with Gasteiger partial charge in [-0.2, -0.15) is 0 Å². The van der Waals surface area contributed by atoms with Crippen LogP contribution >= 0.6 is 0 Å². The Balaban J connectivity index is 2.18. The van der Waals surface area contributed by atoms with E-state index < -0.39 is 29.3 Å². The van der Waals surface area contributed by atoms with Crippen LogP contribution < -0.4 is 14.4 Å². The number of methoxy groups -OCH3 is 2. The van der Waals surface area contributed by atoms with Crippen molar-refractivity contribution in [2.75, 3.05) is 19.1 Å². The van der Waals surface area contributed by atoms with Crippen LogP contribution in [0.25, 0.3) is 0 Å². The number of halogens is 1. The molecule has 1 amide bonds. The van der Waals surface area contributed by atoms with E-state index in [0.717, 1.165) is 0 Å². The van der Waals surface area contributed by atoms with E-state index in [-0.39, 0.29) is 5.57 Å². The first-order valence-electron chi connectivity index (χ1n) is 8.14. The number of hydrogen-bond acceptors (Lipinski definition) is 5. The van der Waals surface area contributed by atoms with Gasteiger partial charge in [0.25, 0.3) is 5.91 Å². The topological polar surface area (TPSA) is 76.1 Å². The van der Waals surface area contributed by atoms with Gasteiger partial charge < -0.3 is 14.6 Å². The van der Waals surface area contributed by atoms with Crippen LogP contribution in [0.4, 0.5) is 10.1 Å². The molecule has 0 saturated carbocycles. The van der Waals surface area contributed by atoms with Gasteiger partial charge in [-0.15, -0.1) is 0 Å². The smallest absolute Gasteiger partial charge is 0.294 e. The molecule has 0 spiro atoms. The zero-order chi connectivity index (χ0) is 19.7. The summed E-state index contributed by atoms with van der Waals surface area (Å²) >= 11 is 0. The standard InChI is InChI=1S/C20H18FNO5/c1-11(23)17-18(12-4-9-15(26-2)16(10-12)27-3)22(20(25)19(17)24)14-7-5-13(21)6-8-14/h4-10,18,24H,1-3H3/t18-/m1/s1. The molecule has 0 aliphatic carbocycles. The van der Waals surface area contributed by atoms with Crippen molar-refractivity contribution < 1.29 is 28.6 Å². The molecule has 7 heteroatoms. The van der Waals surface area contributed by atoms with Crippen LogP contribution in [0, 0.1) is 5.82 Å². The number of benzene rings is 2. The number of Topliss-reactive ketones (excluding diaryl/α,β-unsaturated/α-hetero) is 1. The molecule has 6 nitrogen and oxygen atoms in total. The number of anilines is 1. The molecular weight excluding hydrogens is 353 g/mol. The van der Waals surface area contributed by atoms with Crippen molar-refractivity contribution in [3.8, 4) is 11.5 Å². The number of ether oxygens (including phenoxy) is 2. The Hall–Kier alpha value is -3.35. The number of aliphatic hydroxyl groups is 1. The first-order chi connectivity index (χ1) is 12.9. The molecule has 0 bridgehead atoms. The van der Waals surface area contributed by atoms with Crippen LogP contribution in [0.3, 0.4) is 0 Å². The van der Waals surface area contributed by atoms with Gasteiger partial charge in [0.2, 0.25) is 0 Å². The lowest BCUT2D eigenvalue weighted by Gasteiger charge is -2.27. The minimum Gasteiger partial charge on any atom is -0.503 e. The summed E-state index contributed by atoms with van der Waals surface area (Å²) in [5.74, 6) is -1.35. The summed E-state index contributed by atoms with van der Waals surface area (Å²) in [5.41, 5.74) is 0.861. The first-order valence-corrected chi connectivity index (χ1v) is 8.14. The fourth-order valence-corrected chi connectivity index (χ4v) is 3.17. The van der Waals surface area contributed by atoms with E-state index in [9.17, 15) is 19.1 Å². The highest BCUT2D eigenvalue weighted by atomic mass is 19.1. The van der Waals surface area contributed by atoms with E-state index >= 15 is 0 Å². The summed E-state index contributed by atoms with van der Waals surface area (Å²) in [6.07, 6.45) is 0. The summed E-state index contributed by atoms with van der Waals surface area (Å²) in [6, 6.07) is 9.32. The lowest BCUT2D eigenvalue weighted by molar-refractivity contribution is -0.117. The van der Waals surface area contributed by atoms with E-state index in [4.69, 9.17) is 9.47 Å². The molecule has 2 aromatic rings. The van der Waals surface area contributed by atoms with Gasteiger partial charge in [0.15, 0.2) is 23.0 Å². The molecule has 3 rings (SSSR count). The second-order valence-corrected chi connectivity index (χ2v) is 5.99. The van der Waals surface area contributed by atoms with Gasteiger partial charge in [0.05, 0.1) is 25.8 Å². The van der Waals surface area contributed by atoms with Crippen molar-refractivity contribution in [3.05, 3.63) is 65.2 Å². The molecule has 0 saturated heterocycles. The predicted octanol–water partition coefficient (Wildman–Crippen LogP) is 3.33. The predicted molar refractivity (Wildman–Crippen MR) is 96.5 cm³/mol. The SMILES string of the molecule is COc1ccc([C@@H]2C(C(C)=O)=C(O)C(=O)N2c2ccc(F)cc2)cc1OC. The van der Waals surface area contributed by atoms with E-state index in [0.29, 0.717) is 22.7 Å². The van der Waals surface area contributed by atoms with E-state index in [1.807, 2.05) is 0 Å². The summed E-state index contributed by atoms with van der Waals surface area (Å²) < 4.78 is 23.8. The number of carbonyl (C=O) groups is 2. The molecule has 0 unspecified atom stereocenters. The third-order valence-corrected chi connectivity index (χ3v) is 4.42. The second-order valence-electron chi connectivity index (χ2n) is 5.99. The molecule has 1 aliphatic heterocycles. The molecule has 0 radical (unpaired) electrons. The maximum Gasteiger partial charge on any atom is 0.294 e. The van der Waals surface area contributed by atoms with Gasteiger partial charge in [-0.1, -0.05) is 6.07 Å². The zero-order valence-corrected chi connectivity index (χ0v) is 15.0. The van der Waals surface area contributed by atoms with E-state index in [1.165, 1.54) is 50.3 Å². The van der Waals surface area contributed by atoms with Crippen LogP contribution in [0.15, 0.2) is 53.8 Å². The maximum absolute atomic E-state index is 13.3. The zero-order valence-electron chi connectivity index (χ0n) is 15.0. The minimum absolute atomic E-state index is 0.0310. The summed E-state index contributed by atoms with van der Waals surface area (Å²) in [6.45, 7) is 1.28. The number of nitrogens with zero attached hydrogens (tertiary/aromatic N) is 1. The van der Waals surface area contributed by atoms with Crippen LogP contribution in [-0.2, 0) is 9.59 Å². The Bertz CT molecular complexity index is 936. The van der Waals surface area contributed by atoms with Crippen LogP contribution in [-0.4, -0.2) is 31.0 Å². The molecule has 2 aromatic carbocycles. The first kappa shape index (κ1) is 18.4. The van der Waals surface area contributed by atoms with Gasteiger partial charge in [-0.3, -0.25) is 14.5 Å². The van der Waals surface area contributed by atoms with Crippen molar-refractivity contribution in [2.24, 2.45) is 0 Å². The number of ketones is 1. The Morgan fingerprint density at radius 1 is 1.07 bits per heavy atom. The minimum atomic E-state index is -0.875. The van der Waals surface area contributed by atoms with Gasteiger partial charge in [0, 0.05) is 5.69 Å². The average molecular weight is 371 g/mol. The summed E-state index contributed by atoms with van der Waals surface area (Å²) in [7, 11) is 2.96. The summed E-state index contributed by atoms with van der Waals surface area (Å²) in [4.78, 5) is 26.1. The Morgan fingerprint density at radius 2 is 1.70 bits per heavy atom. The fourth-order valence-electron chi connectivity index (χ4n) is 3.17. The van der Waals surface area contributed by atoms with Gasteiger partial charge in [-0.25, -0.2) is 4.39 Å². The van der Waals surface area contributed by atoms with Gasteiger partial charge in [-0.05, 0) is 48.9 Å². The quantitative estimate of drug-likeness (QED) is 0.872. The lowest BCUT2D eigenvalue weighted by atomic mass is 9.96. The lowest BCUT2D eigenvalue weighted by Crippen LogP contribution is -2.30. The molecule has 140 valence electrons. The largest absolute Gasteiger partial charge is 0.503 e. The second kappa shape index (κ2) is 7.11. The van der Waals surface area contributed by atoms with Crippen molar-refractivity contribution in [2.45, 2.75) is 13.0 Å². The van der Waals surface area contributed by atoms with E-state index in [1.54, 1.807) is 18.2 Å². The normalized spacial score (nSPS) is 16.7. The summed E-state index contributed by atoms with van der Waals surface area (Å²) in [5, 5.41) is 10.3.